The summed E-state index contributed by atoms with van der Waals surface area (Å²) in [6.07, 6.45) is 0.497. The van der Waals surface area contributed by atoms with Crippen molar-refractivity contribution in [3.8, 4) is 22.4 Å². The molecule has 0 bridgehead atoms. The molecule has 0 radical (unpaired) electrons. The number of nitrogens with two attached hydrogens (primary N) is 1. The van der Waals surface area contributed by atoms with Crippen LogP contribution in [0.1, 0.15) is 15.9 Å². The van der Waals surface area contributed by atoms with Gasteiger partial charge < -0.3 is 11.1 Å². The lowest BCUT2D eigenvalue weighted by Crippen LogP contribution is -2.16. The van der Waals surface area contributed by atoms with Crippen LogP contribution in [0.25, 0.3) is 22.4 Å². The summed E-state index contributed by atoms with van der Waals surface area (Å²) in [4.78, 5) is 24.6. The van der Waals surface area contributed by atoms with Crippen LogP contribution in [0.4, 0.5) is 33.5 Å². The van der Waals surface area contributed by atoms with Gasteiger partial charge in [0.05, 0.1) is 23.1 Å². The lowest BCUT2D eigenvalue weighted by molar-refractivity contribution is -0.140. The third kappa shape index (κ3) is 4.53. The van der Waals surface area contributed by atoms with Crippen molar-refractivity contribution in [3.63, 3.8) is 0 Å². The van der Waals surface area contributed by atoms with Crippen molar-refractivity contribution in [2.45, 2.75) is 6.18 Å². The molecule has 1 amide bonds. The minimum absolute atomic E-state index is 0.0517. The summed E-state index contributed by atoms with van der Waals surface area (Å²) in [6, 6.07) is 7.86. The van der Waals surface area contributed by atoms with Gasteiger partial charge in [-0.1, -0.05) is 0 Å². The standard InChI is InChI=1S/C23H14F5N5O/c24-17-8-12(3-4-16(17)23(26,27)28)22(34)32-19-9-15(14-5-7-31-11-18(14)25)20(33-21(19)29)13-2-1-6-30-10-13/h1-11H,(H2,29,33)(H,32,34). The summed E-state index contributed by atoms with van der Waals surface area (Å²) in [5, 5.41) is 2.39. The summed E-state index contributed by atoms with van der Waals surface area (Å²) in [5.41, 5.74) is 5.22. The molecule has 3 heterocycles. The van der Waals surface area contributed by atoms with E-state index in [1.165, 1.54) is 30.7 Å². The molecule has 0 atom stereocenters. The van der Waals surface area contributed by atoms with Crippen molar-refractivity contribution in [2.24, 2.45) is 0 Å². The third-order valence-corrected chi connectivity index (χ3v) is 4.83. The lowest BCUT2D eigenvalue weighted by Gasteiger charge is -2.15. The highest BCUT2D eigenvalue weighted by molar-refractivity contribution is 6.06. The first-order chi connectivity index (χ1) is 16.1. The van der Waals surface area contributed by atoms with Crippen LogP contribution >= 0.6 is 0 Å². The molecule has 4 rings (SSSR count). The number of rotatable bonds is 4. The smallest absolute Gasteiger partial charge is 0.382 e. The normalized spacial score (nSPS) is 11.3. The largest absolute Gasteiger partial charge is 0.419 e. The zero-order valence-corrected chi connectivity index (χ0v) is 17.1. The van der Waals surface area contributed by atoms with Gasteiger partial charge in [0.15, 0.2) is 0 Å². The third-order valence-electron chi connectivity index (χ3n) is 4.83. The Hall–Kier alpha value is -4.41. The molecule has 11 heteroatoms. The van der Waals surface area contributed by atoms with Gasteiger partial charge in [-0.05, 0) is 42.5 Å². The maximum absolute atomic E-state index is 14.6. The molecule has 172 valence electrons. The lowest BCUT2D eigenvalue weighted by atomic mass is 10.00. The van der Waals surface area contributed by atoms with E-state index in [2.05, 4.69) is 20.3 Å². The molecule has 0 saturated heterocycles. The number of carbonyl (C=O) groups is 1. The van der Waals surface area contributed by atoms with Crippen molar-refractivity contribution in [2.75, 3.05) is 11.1 Å². The number of aromatic nitrogens is 3. The summed E-state index contributed by atoms with van der Waals surface area (Å²) in [5.74, 6) is -3.35. The van der Waals surface area contributed by atoms with Crippen LogP contribution in [-0.2, 0) is 6.18 Å². The number of pyridine rings is 3. The number of nitrogen functional groups attached to an aromatic ring is 1. The topological polar surface area (TPSA) is 93.8 Å². The average molecular weight is 471 g/mol. The van der Waals surface area contributed by atoms with Crippen molar-refractivity contribution in [1.29, 1.82) is 0 Å². The highest BCUT2D eigenvalue weighted by Gasteiger charge is 2.34. The van der Waals surface area contributed by atoms with Gasteiger partial charge in [-0.3, -0.25) is 14.8 Å². The minimum atomic E-state index is -4.90. The van der Waals surface area contributed by atoms with Crippen molar-refractivity contribution in [1.82, 2.24) is 15.0 Å². The fraction of sp³-hybridized carbons (Fsp3) is 0.0435. The zero-order chi connectivity index (χ0) is 24.5. The number of benzene rings is 1. The van der Waals surface area contributed by atoms with E-state index in [-0.39, 0.29) is 33.9 Å². The number of nitrogens with one attached hydrogen (secondary N) is 1. The van der Waals surface area contributed by atoms with Crippen LogP contribution in [-0.4, -0.2) is 20.9 Å². The van der Waals surface area contributed by atoms with Gasteiger partial charge >= 0.3 is 6.18 Å². The van der Waals surface area contributed by atoms with E-state index in [0.29, 0.717) is 17.7 Å². The monoisotopic (exact) mass is 471 g/mol. The molecule has 34 heavy (non-hydrogen) atoms. The summed E-state index contributed by atoms with van der Waals surface area (Å²) >= 11 is 0. The van der Waals surface area contributed by atoms with E-state index in [9.17, 15) is 26.7 Å². The molecule has 0 fully saturated rings. The Bertz CT molecular complexity index is 1380. The van der Waals surface area contributed by atoms with Crippen molar-refractivity contribution in [3.05, 3.63) is 90.0 Å². The molecule has 0 unspecified atom stereocenters. The molecule has 0 aliphatic rings. The molecule has 0 aliphatic heterocycles. The Morgan fingerprint density at radius 3 is 2.32 bits per heavy atom. The van der Waals surface area contributed by atoms with Gasteiger partial charge in [0.2, 0.25) is 0 Å². The Kier molecular flexibility index (Phi) is 5.93. The minimum Gasteiger partial charge on any atom is -0.382 e. The Balaban J connectivity index is 1.76. The fourth-order valence-corrected chi connectivity index (χ4v) is 3.23. The van der Waals surface area contributed by atoms with E-state index in [4.69, 9.17) is 5.73 Å². The highest BCUT2D eigenvalue weighted by atomic mass is 19.4. The SMILES string of the molecule is Nc1nc(-c2cccnc2)c(-c2ccncc2F)cc1NC(=O)c1ccc(C(F)(F)F)c(F)c1. The van der Waals surface area contributed by atoms with Crippen LogP contribution in [0, 0.1) is 11.6 Å². The zero-order valence-electron chi connectivity index (χ0n) is 17.1. The van der Waals surface area contributed by atoms with E-state index < -0.39 is 29.3 Å². The van der Waals surface area contributed by atoms with Crippen LogP contribution < -0.4 is 11.1 Å². The second-order valence-electron chi connectivity index (χ2n) is 7.06. The molecule has 0 saturated carbocycles. The number of alkyl halides is 3. The number of nitrogens with zero attached hydrogens (tertiary/aromatic N) is 3. The van der Waals surface area contributed by atoms with Crippen molar-refractivity contribution < 1.29 is 26.7 Å². The Labute approximate surface area is 189 Å². The number of hydrogen-bond acceptors (Lipinski definition) is 5. The maximum atomic E-state index is 14.6. The first kappa shape index (κ1) is 22.8. The molecule has 3 aromatic heterocycles. The second kappa shape index (κ2) is 8.85. The Morgan fingerprint density at radius 2 is 1.68 bits per heavy atom. The second-order valence-corrected chi connectivity index (χ2v) is 7.06. The fourth-order valence-electron chi connectivity index (χ4n) is 3.23. The van der Waals surface area contributed by atoms with E-state index in [1.54, 1.807) is 12.1 Å². The number of carbonyl (C=O) groups excluding carboxylic acids is 1. The average Bonchev–Trinajstić information content (AvgIpc) is 2.80. The molecule has 0 spiro atoms. The van der Waals surface area contributed by atoms with Crippen LogP contribution in [0.5, 0.6) is 0 Å². The summed E-state index contributed by atoms with van der Waals surface area (Å²) < 4.78 is 66.8. The van der Waals surface area contributed by atoms with Gasteiger partial charge in [-0.25, -0.2) is 13.8 Å². The summed E-state index contributed by atoms with van der Waals surface area (Å²) in [6.45, 7) is 0. The van der Waals surface area contributed by atoms with Gasteiger partial charge in [-0.2, -0.15) is 13.2 Å². The van der Waals surface area contributed by atoms with Crippen LogP contribution in [0.2, 0.25) is 0 Å². The molecular weight excluding hydrogens is 457 g/mol. The predicted molar refractivity (Wildman–Crippen MR) is 114 cm³/mol. The number of hydrogen-bond donors (Lipinski definition) is 2. The van der Waals surface area contributed by atoms with Gasteiger partial charge in [0.1, 0.15) is 17.5 Å². The molecule has 3 N–H and O–H groups in total. The molecule has 4 aromatic rings. The Morgan fingerprint density at radius 1 is 0.912 bits per heavy atom. The van der Waals surface area contributed by atoms with Crippen LogP contribution in [0.3, 0.4) is 0 Å². The maximum Gasteiger partial charge on any atom is 0.419 e. The number of amides is 1. The van der Waals surface area contributed by atoms with E-state index in [0.717, 1.165) is 12.3 Å². The first-order valence-electron chi connectivity index (χ1n) is 9.64. The van der Waals surface area contributed by atoms with Gasteiger partial charge in [0.25, 0.3) is 5.91 Å². The van der Waals surface area contributed by atoms with E-state index in [1.807, 2.05) is 0 Å². The molecule has 1 aromatic carbocycles. The molecule has 6 nitrogen and oxygen atoms in total. The number of anilines is 2. The molecule has 0 aliphatic carbocycles. The quantitative estimate of drug-likeness (QED) is 0.392. The predicted octanol–water partition coefficient (Wildman–Crippen LogP) is 5.34. The van der Waals surface area contributed by atoms with Gasteiger partial charge in [0, 0.05) is 40.8 Å². The van der Waals surface area contributed by atoms with Crippen LogP contribution in [0.15, 0.2) is 67.3 Å². The molecular formula is C23H14F5N5O. The number of halogens is 5. The van der Waals surface area contributed by atoms with Gasteiger partial charge in [-0.15, -0.1) is 0 Å². The van der Waals surface area contributed by atoms with E-state index >= 15 is 0 Å². The summed E-state index contributed by atoms with van der Waals surface area (Å²) in [7, 11) is 0. The highest BCUT2D eigenvalue weighted by Crippen LogP contribution is 2.36. The van der Waals surface area contributed by atoms with Crippen molar-refractivity contribution >= 4 is 17.4 Å². The first-order valence-corrected chi connectivity index (χ1v) is 9.64.